The van der Waals surface area contributed by atoms with E-state index in [4.69, 9.17) is 23.2 Å². The molecule has 4 heteroatoms. The second-order valence-electron chi connectivity index (χ2n) is 6.11. The first-order valence-electron chi connectivity index (χ1n) is 7.29. The number of rotatable bonds is 3. The van der Waals surface area contributed by atoms with Gasteiger partial charge in [-0.15, -0.1) is 0 Å². The van der Waals surface area contributed by atoms with Gasteiger partial charge in [0.15, 0.2) is 0 Å². The van der Waals surface area contributed by atoms with Crippen LogP contribution in [0.2, 0.25) is 10.0 Å². The van der Waals surface area contributed by atoms with Gasteiger partial charge >= 0.3 is 0 Å². The molecule has 1 nitrogen and oxygen atoms in total. The zero-order valence-corrected chi connectivity index (χ0v) is 13.7. The van der Waals surface area contributed by atoms with Gasteiger partial charge in [-0.2, -0.15) is 0 Å². The average Bonchev–Trinajstić information content (AvgIpc) is 2.39. The summed E-state index contributed by atoms with van der Waals surface area (Å²) in [5.74, 6) is 1.09. The van der Waals surface area contributed by atoms with E-state index in [0.29, 0.717) is 22.5 Å². The third-order valence-corrected chi connectivity index (χ3v) is 5.31. The van der Waals surface area contributed by atoms with Crippen molar-refractivity contribution in [3.8, 4) is 0 Å². The molecule has 1 aliphatic carbocycles. The minimum absolute atomic E-state index is 0.0451. The van der Waals surface area contributed by atoms with E-state index in [1.165, 1.54) is 12.5 Å². The Morgan fingerprint density at radius 1 is 1.20 bits per heavy atom. The molecule has 1 fully saturated rings. The minimum Gasteiger partial charge on any atom is -0.307 e. The maximum absolute atomic E-state index is 13.6. The highest BCUT2D eigenvalue weighted by molar-refractivity contribution is 6.36. The molecular formula is C16H22Cl2FN. The summed E-state index contributed by atoms with van der Waals surface area (Å²) in [7, 11) is 0. The first-order valence-corrected chi connectivity index (χ1v) is 8.05. The van der Waals surface area contributed by atoms with Crippen LogP contribution in [-0.4, -0.2) is 6.04 Å². The van der Waals surface area contributed by atoms with Crippen LogP contribution in [0.5, 0.6) is 0 Å². The standard InChI is InChI=1S/C16H22Cl2FN/c1-9-4-5-12(8-10(9)2)20-11(3)15-13(17)6-7-14(19)16(15)18/h6-7,9-12,20H,4-5,8H2,1-3H3. The van der Waals surface area contributed by atoms with Gasteiger partial charge in [0.05, 0.1) is 5.02 Å². The van der Waals surface area contributed by atoms with Gasteiger partial charge in [-0.05, 0) is 50.2 Å². The molecule has 0 spiro atoms. The summed E-state index contributed by atoms with van der Waals surface area (Å²) in [5.41, 5.74) is 0.666. The van der Waals surface area contributed by atoms with Crippen molar-refractivity contribution in [3.63, 3.8) is 0 Å². The van der Waals surface area contributed by atoms with Gasteiger partial charge in [0.25, 0.3) is 0 Å². The molecule has 112 valence electrons. The van der Waals surface area contributed by atoms with Gasteiger partial charge < -0.3 is 5.32 Å². The minimum atomic E-state index is -0.412. The quantitative estimate of drug-likeness (QED) is 0.715. The van der Waals surface area contributed by atoms with Crippen LogP contribution in [0.15, 0.2) is 12.1 Å². The van der Waals surface area contributed by atoms with Crippen molar-refractivity contribution in [2.45, 2.75) is 52.1 Å². The average molecular weight is 318 g/mol. The van der Waals surface area contributed by atoms with Crippen molar-refractivity contribution in [2.24, 2.45) is 11.8 Å². The molecule has 0 heterocycles. The molecule has 0 bridgehead atoms. The van der Waals surface area contributed by atoms with Crippen LogP contribution in [0.4, 0.5) is 4.39 Å². The van der Waals surface area contributed by atoms with Gasteiger partial charge in [0, 0.05) is 22.7 Å². The fourth-order valence-corrected chi connectivity index (χ4v) is 3.77. The predicted molar refractivity (Wildman–Crippen MR) is 83.9 cm³/mol. The molecule has 0 amide bonds. The molecule has 1 aliphatic rings. The third-order valence-electron chi connectivity index (χ3n) is 4.60. The van der Waals surface area contributed by atoms with Gasteiger partial charge in [0.1, 0.15) is 5.82 Å². The van der Waals surface area contributed by atoms with Crippen LogP contribution in [0.1, 0.15) is 51.6 Å². The number of benzene rings is 1. The summed E-state index contributed by atoms with van der Waals surface area (Å²) < 4.78 is 13.6. The fraction of sp³-hybridized carbons (Fsp3) is 0.625. The lowest BCUT2D eigenvalue weighted by molar-refractivity contribution is 0.217. The summed E-state index contributed by atoms with van der Waals surface area (Å²) >= 11 is 12.2. The van der Waals surface area contributed by atoms with Crippen molar-refractivity contribution in [1.29, 1.82) is 0 Å². The van der Waals surface area contributed by atoms with E-state index in [-0.39, 0.29) is 11.1 Å². The molecule has 2 rings (SSSR count). The predicted octanol–water partition coefficient (Wildman–Crippen LogP) is 5.61. The lowest BCUT2D eigenvalue weighted by Crippen LogP contribution is -2.37. The Balaban J connectivity index is 2.09. The van der Waals surface area contributed by atoms with Crippen molar-refractivity contribution in [1.82, 2.24) is 5.32 Å². The second-order valence-corrected chi connectivity index (χ2v) is 6.89. The van der Waals surface area contributed by atoms with Crippen LogP contribution in [-0.2, 0) is 0 Å². The van der Waals surface area contributed by atoms with E-state index in [1.807, 2.05) is 6.92 Å². The lowest BCUT2D eigenvalue weighted by Gasteiger charge is -2.34. The Morgan fingerprint density at radius 2 is 1.90 bits per heavy atom. The van der Waals surface area contributed by atoms with E-state index in [2.05, 4.69) is 19.2 Å². The van der Waals surface area contributed by atoms with E-state index in [1.54, 1.807) is 6.07 Å². The summed E-state index contributed by atoms with van der Waals surface area (Å²) in [6.45, 7) is 6.60. The number of hydrogen-bond donors (Lipinski definition) is 1. The monoisotopic (exact) mass is 317 g/mol. The molecule has 4 atom stereocenters. The highest BCUT2D eigenvalue weighted by atomic mass is 35.5. The normalized spacial score (nSPS) is 28.4. The Bertz CT molecular complexity index is 478. The van der Waals surface area contributed by atoms with E-state index < -0.39 is 5.82 Å². The van der Waals surface area contributed by atoms with E-state index in [9.17, 15) is 4.39 Å². The Labute approximate surface area is 130 Å². The Kier molecular flexibility index (Phi) is 5.33. The van der Waals surface area contributed by atoms with Crippen LogP contribution >= 0.6 is 23.2 Å². The van der Waals surface area contributed by atoms with Crippen LogP contribution in [0.25, 0.3) is 0 Å². The molecule has 4 unspecified atom stereocenters. The first kappa shape index (κ1) is 16.1. The lowest BCUT2D eigenvalue weighted by atomic mass is 9.79. The maximum Gasteiger partial charge on any atom is 0.142 e. The molecule has 1 saturated carbocycles. The summed E-state index contributed by atoms with van der Waals surface area (Å²) in [6.07, 6.45) is 3.53. The SMILES string of the molecule is CC(NC1CCC(C)C(C)C1)c1c(Cl)ccc(F)c1Cl. The molecule has 0 saturated heterocycles. The molecule has 0 radical (unpaired) electrons. The zero-order chi connectivity index (χ0) is 14.9. The zero-order valence-electron chi connectivity index (χ0n) is 12.2. The van der Waals surface area contributed by atoms with Gasteiger partial charge in [0.2, 0.25) is 0 Å². The van der Waals surface area contributed by atoms with Gasteiger partial charge in [-0.3, -0.25) is 0 Å². The van der Waals surface area contributed by atoms with Crippen LogP contribution in [0.3, 0.4) is 0 Å². The van der Waals surface area contributed by atoms with Gasteiger partial charge in [-0.25, -0.2) is 4.39 Å². The largest absolute Gasteiger partial charge is 0.307 e. The van der Waals surface area contributed by atoms with E-state index in [0.717, 1.165) is 18.8 Å². The molecule has 0 aliphatic heterocycles. The van der Waals surface area contributed by atoms with Crippen molar-refractivity contribution in [3.05, 3.63) is 33.6 Å². The molecule has 20 heavy (non-hydrogen) atoms. The van der Waals surface area contributed by atoms with Crippen molar-refractivity contribution < 1.29 is 4.39 Å². The molecular weight excluding hydrogens is 296 g/mol. The molecule has 1 aromatic carbocycles. The smallest absolute Gasteiger partial charge is 0.142 e. The maximum atomic E-state index is 13.6. The molecule has 1 aromatic rings. The number of nitrogens with one attached hydrogen (secondary N) is 1. The van der Waals surface area contributed by atoms with Crippen LogP contribution < -0.4 is 5.32 Å². The molecule has 0 aromatic heterocycles. The topological polar surface area (TPSA) is 12.0 Å². The van der Waals surface area contributed by atoms with Crippen LogP contribution in [0, 0.1) is 17.7 Å². The second kappa shape index (κ2) is 6.64. The third kappa shape index (κ3) is 3.47. The number of halogens is 3. The fourth-order valence-electron chi connectivity index (χ4n) is 3.08. The summed E-state index contributed by atoms with van der Waals surface area (Å²) in [6, 6.07) is 3.29. The van der Waals surface area contributed by atoms with E-state index >= 15 is 0 Å². The summed E-state index contributed by atoms with van der Waals surface area (Å²) in [4.78, 5) is 0. The Hall–Kier alpha value is -0.310. The van der Waals surface area contributed by atoms with Gasteiger partial charge in [-0.1, -0.05) is 37.0 Å². The first-order chi connectivity index (χ1) is 9.40. The Morgan fingerprint density at radius 3 is 2.55 bits per heavy atom. The van der Waals surface area contributed by atoms with Crippen molar-refractivity contribution in [2.75, 3.05) is 0 Å². The number of hydrogen-bond acceptors (Lipinski definition) is 1. The molecule has 1 N–H and O–H groups in total. The highest BCUT2D eigenvalue weighted by Gasteiger charge is 2.26. The summed E-state index contributed by atoms with van der Waals surface area (Å²) in [5, 5.41) is 4.22. The van der Waals surface area contributed by atoms with Crippen molar-refractivity contribution >= 4 is 23.2 Å². The highest BCUT2D eigenvalue weighted by Crippen LogP contribution is 2.35.